The van der Waals surface area contributed by atoms with Crippen LogP contribution in [0.3, 0.4) is 0 Å². The van der Waals surface area contributed by atoms with Crippen molar-refractivity contribution in [3.05, 3.63) is 45.6 Å². The van der Waals surface area contributed by atoms with Gasteiger partial charge in [-0.3, -0.25) is 0 Å². The topological polar surface area (TPSA) is 63.8 Å². The van der Waals surface area contributed by atoms with Crippen LogP contribution in [0, 0.1) is 0 Å². The van der Waals surface area contributed by atoms with Crippen molar-refractivity contribution in [2.45, 2.75) is 19.9 Å². The molecule has 0 spiro atoms. The minimum atomic E-state index is 0.549. The van der Waals surface area contributed by atoms with Gasteiger partial charge >= 0.3 is 0 Å². The molecule has 0 unspecified atom stereocenters. The highest BCUT2D eigenvalue weighted by atomic mass is 35.5. The number of aromatic nitrogens is 3. The maximum atomic E-state index is 5.80. The number of aryl methyl sites for hydroxylation is 1. The molecule has 3 aromatic rings. The molecule has 0 aliphatic heterocycles. The van der Waals surface area contributed by atoms with E-state index in [1.54, 1.807) is 6.20 Å². The Kier molecular flexibility index (Phi) is 4.17. The lowest BCUT2D eigenvalue weighted by Gasteiger charge is -2.04. The van der Waals surface area contributed by atoms with Crippen molar-refractivity contribution in [3.8, 4) is 11.5 Å². The van der Waals surface area contributed by atoms with Crippen LogP contribution in [0.25, 0.3) is 11.5 Å². The van der Waals surface area contributed by atoms with Gasteiger partial charge in [-0.25, -0.2) is 4.98 Å². The monoisotopic (exact) mass is 320 g/mol. The summed E-state index contributed by atoms with van der Waals surface area (Å²) in [4.78, 5) is 9.41. The van der Waals surface area contributed by atoms with E-state index in [4.69, 9.17) is 16.1 Å². The van der Waals surface area contributed by atoms with Crippen LogP contribution in [-0.4, -0.2) is 15.1 Å². The van der Waals surface area contributed by atoms with Crippen LogP contribution in [0.5, 0.6) is 0 Å². The molecule has 2 aromatic heterocycles. The first-order valence-electron chi connectivity index (χ1n) is 6.51. The van der Waals surface area contributed by atoms with Gasteiger partial charge in [-0.1, -0.05) is 23.7 Å². The van der Waals surface area contributed by atoms with Crippen LogP contribution < -0.4 is 5.32 Å². The first kappa shape index (κ1) is 14.0. The maximum Gasteiger partial charge on any atom is 0.257 e. The van der Waals surface area contributed by atoms with Crippen molar-refractivity contribution in [2.75, 3.05) is 5.32 Å². The Morgan fingerprint density at radius 1 is 1.29 bits per heavy atom. The number of nitrogens with zero attached hydrogens (tertiary/aromatic N) is 3. The van der Waals surface area contributed by atoms with Gasteiger partial charge in [-0.2, -0.15) is 4.98 Å². The summed E-state index contributed by atoms with van der Waals surface area (Å²) in [5, 5.41) is 7.21. The van der Waals surface area contributed by atoms with Gasteiger partial charge in [0.15, 0.2) is 10.3 Å². The Morgan fingerprint density at radius 3 is 2.71 bits per heavy atom. The van der Waals surface area contributed by atoms with E-state index in [1.807, 2.05) is 31.2 Å². The predicted octanol–water partition coefficient (Wildman–Crippen LogP) is 4.02. The van der Waals surface area contributed by atoms with Gasteiger partial charge in [-0.15, -0.1) is 11.3 Å². The molecule has 0 aliphatic rings. The number of hydrogen-bond donors (Lipinski definition) is 1. The smallest absolute Gasteiger partial charge is 0.257 e. The summed E-state index contributed by atoms with van der Waals surface area (Å²) >= 11 is 7.27. The van der Waals surface area contributed by atoms with Crippen LogP contribution in [0.2, 0.25) is 4.47 Å². The van der Waals surface area contributed by atoms with Gasteiger partial charge < -0.3 is 9.84 Å². The van der Waals surface area contributed by atoms with Crippen LogP contribution in [0.1, 0.15) is 17.6 Å². The lowest BCUT2D eigenvalue weighted by Crippen LogP contribution is -1.96. The third kappa shape index (κ3) is 3.40. The molecule has 5 nitrogen and oxygen atoms in total. The standard InChI is InChI=1S/C14H13ClN4OS/c1-2-12-18-13(20-19-12)9-3-5-10(6-4-9)16-7-11-8-17-14(15)21-11/h3-6,8,16H,2,7H2,1H3. The first-order valence-corrected chi connectivity index (χ1v) is 7.71. The molecule has 21 heavy (non-hydrogen) atoms. The molecule has 2 heterocycles. The van der Waals surface area contributed by atoms with Gasteiger partial charge in [0.25, 0.3) is 5.89 Å². The van der Waals surface area contributed by atoms with Crippen molar-refractivity contribution in [3.63, 3.8) is 0 Å². The summed E-state index contributed by atoms with van der Waals surface area (Å²) in [5.74, 6) is 1.27. The van der Waals surface area contributed by atoms with E-state index < -0.39 is 0 Å². The zero-order valence-corrected chi connectivity index (χ0v) is 12.9. The third-order valence-electron chi connectivity index (χ3n) is 2.91. The van der Waals surface area contributed by atoms with Crippen molar-refractivity contribution >= 4 is 28.6 Å². The third-order valence-corrected chi connectivity index (χ3v) is 4.02. The SMILES string of the molecule is CCc1noc(-c2ccc(NCc3cnc(Cl)s3)cc2)n1. The molecule has 108 valence electrons. The van der Waals surface area contributed by atoms with E-state index in [-0.39, 0.29) is 0 Å². The Balaban J connectivity index is 1.66. The molecular formula is C14H13ClN4OS. The zero-order valence-electron chi connectivity index (χ0n) is 11.3. The quantitative estimate of drug-likeness (QED) is 0.769. The fraction of sp³-hybridized carbons (Fsp3) is 0.214. The molecule has 0 aliphatic carbocycles. The van der Waals surface area contributed by atoms with E-state index in [0.29, 0.717) is 22.7 Å². The highest BCUT2D eigenvalue weighted by Crippen LogP contribution is 2.22. The van der Waals surface area contributed by atoms with Crippen molar-refractivity contribution < 1.29 is 4.52 Å². The highest BCUT2D eigenvalue weighted by molar-refractivity contribution is 7.15. The molecule has 0 fully saturated rings. The van der Waals surface area contributed by atoms with Gasteiger partial charge in [0.2, 0.25) is 0 Å². The summed E-state index contributed by atoms with van der Waals surface area (Å²) in [7, 11) is 0. The van der Waals surface area contributed by atoms with Crippen molar-refractivity contribution in [2.24, 2.45) is 0 Å². The average molecular weight is 321 g/mol. The fourth-order valence-corrected chi connectivity index (χ4v) is 2.72. The fourth-order valence-electron chi connectivity index (χ4n) is 1.80. The summed E-state index contributed by atoms with van der Waals surface area (Å²) in [5.41, 5.74) is 1.92. The molecule has 0 saturated carbocycles. The first-order chi connectivity index (χ1) is 10.2. The minimum absolute atomic E-state index is 0.549. The minimum Gasteiger partial charge on any atom is -0.380 e. The molecule has 1 N–H and O–H groups in total. The lowest BCUT2D eigenvalue weighted by molar-refractivity contribution is 0.423. The second-order valence-corrected chi connectivity index (χ2v) is 6.08. The number of anilines is 1. The summed E-state index contributed by atoms with van der Waals surface area (Å²) in [6.45, 7) is 2.69. The number of rotatable bonds is 5. The normalized spacial score (nSPS) is 10.8. The van der Waals surface area contributed by atoms with Gasteiger partial charge in [0, 0.05) is 28.7 Å². The Bertz CT molecular complexity index is 723. The van der Waals surface area contributed by atoms with E-state index in [2.05, 4.69) is 20.4 Å². The summed E-state index contributed by atoms with van der Waals surface area (Å²) in [6.07, 6.45) is 2.54. The van der Waals surface area contributed by atoms with E-state index in [1.165, 1.54) is 11.3 Å². The largest absolute Gasteiger partial charge is 0.380 e. The van der Waals surface area contributed by atoms with E-state index in [9.17, 15) is 0 Å². The van der Waals surface area contributed by atoms with Crippen molar-refractivity contribution in [1.29, 1.82) is 0 Å². The number of thiazole rings is 1. The molecule has 0 amide bonds. The molecular weight excluding hydrogens is 308 g/mol. The number of hydrogen-bond acceptors (Lipinski definition) is 6. The van der Waals surface area contributed by atoms with Gasteiger partial charge in [0.05, 0.1) is 6.54 Å². The van der Waals surface area contributed by atoms with Gasteiger partial charge in [0.1, 0.15) is 0 Å². The van der Waals surface area contributed by atoms with Crippen LogP contribution in [0.4, 0.5) is 5.69 Å². The zero-order chi connectivity index (χ0) is 14.7. The Hall–Kier alpha value is -1.92. The second-order valence-electron chi connectivity index (χ2n) is 4.38. The van der Waals surface area contributed by atoms with Crippen LogP contribution in [-0.2, 0) is 13.0 Å². The number of halogens is 1. The Labute approximate surface area is 131 Å². The Morgan fingerprint density at radius 2 is 2.10 bits per heavy atom. The molecule has 0 atom stereocenters. The second kappa shape index (κ2) is 6.24. The molecule has 1 aromatic carbocycles. The van der Waals surface area contributed by atoms with E-state index >= 15 is 0 Å². The van der Waals surface area contributed by atoms with Crippen molar-refractivity contribution in [1.82, 2.24) is 15.1 Å². The summed E-state index contributed by atoms with van der Waals surface area (Å²) < 4.78 is 5.77. The maximum absolute atomic E-state index is 5.80. The lowest BCUT2D eigenvalue weighted by atomic mass is 10.2. The molecule has 7 heteroatoms. The molecule has 3 rings (SSSR count). The van der Waals surface area contributed by atoms with Crippen LogP contribution in [0.15, 0.2) is 35.0 Å². The average Bonchev–Trinajstić information content (AvgIpc) is 3.14. The predicted molar refractivity (Wildman–Crippen MR) is 83.6 cm³/mol. The highest BCUT2D eigenvalue weighted by Gasteiger charge is 2.07. The number of benzene rings is 1. The van der Waals surface area contributed by atoms with Gasteiger partial charge in [-0.05, 0) is 24.3 Å². The summed E-state index contributed by atoms with van der Waals surface area (Å²) in [6, 6.07) is 7.87. The molecule has 0 bridgehead atoms. The van der Waals surface area contributed by atoms with E-state index in [0.717, 1.165) is 22.5 Å². The molecule has 0 saturated heterocycles. The van der Waals surface area contributed by atoms with Crippen LogP contribution >= 0.6 is 22.9 Å². The number of nitrogens with one attached hydrogen (secondary N) is 1. The molecule has 0 radical (unpaired) electrons.